The second kappa shape index (κ2) is 10.1. The van der Waals surface area contributed by atoms with E-state index < -0.39 is 17.0 Å². The Balaban J connectivity index is 0.000000208. The molecular weight excluding hydrogens is 342 g/mol. The van der Waals surface area contributed by atoms with Crippen LogP contribution in [0.15, 0.2) is 54.6 Å². The standard InChI is InChI=1S/C13H12F2O.C11H16/c14-10-4-5-12(15)11(8-10)13(9-16)6-2-1-3-7-13;1-3-5-11-8-6-10(4-2)7-9-11/h1-2,4-5,8-9H,3,6-7H2;6-9H,3-5H2,1-2H3. The molecule has 0 spiro atoms. The van der Waals surface area contributed by atoms with Gasteiger partial charge in [0, 0.05) is 5.56 Å². The number of halogens is 2. The molecule has 0 aromatic heterocycles. The van der Waals surface area contributed by atoms with E-state index in [4.69, 9.17) is 0 Å². The smallest absolute Gasteiger partial charge is 0.130 e. The zero-order valence-electron chi connectivity index (χ0n) is 16.2. The largest absolute Gasteiger partial charge is 0.302 e. The molecular formula is C24H28F2O. The summed E-state index contributed by atoms with van der Waals surface area (Å²) < 4.78 is 26.7. The van der Waals surface area contributed by atoms with E-state index >= 15 is 0 Å². The summed E-state index contributed by atoms with van der Waals surface area (Å²) in [7, 11) is 0. The van der Waals surface area contributed by atoms with E-state index in [2.05, 4.69) is 38.1 Å². The van der Waals surface area contributed by atoms with Crippen LogP contribution in [-0.2, 0) is 23.1 Å². The first-order chi connectivity index (χ1) is 13.0. The second-order valence-corrected chi connectivity index (χ2v) is 7.03. The molecule has 27 heavy (non-hydrogen) atoms. The highest BCUT2D eigenvalue weighted by atomic mass is 19.1. The lowest BCUT2D eigenvalue weighted by Gasteiger charge is -2.29. The van der Waals surface area contributed by atoms with Gasteiger partial charge >= 0.3 is 0 Å². The molecule has 3 heteroatoms. The lowest BCUT2D eigenvalue weighted by Crippen LogP contribution is -2.30. The summed E-state index contributed by atoms with van der Waals surface area (Å²) in [5.74, 6) is -1.02. The molecule has 1 nitrogen and oxygen atoms in total. The first-order valence-electron chi connectivity index (χ1n) is 9.69. The van der Waals surface area contributed by atoms with Crippen LogP contribution in [0.5, 0.6) is 0 Å². The van der Waals surface area contributed by atoms with Crippen molar-refractivity contribution in [3.8, 4) is 0 Å². The van der Waals surface area contributed by atoms with E-state index in [1.807, 2.05) is 12.2 Å². The summed E-state index contributed by atoms with van der Waals surface area (Å²) in [6, 6.07) is 12.2. The fourth-order valence-electron chi connectivity index (χ4n) is 3.38. The Morgan fingerprint density at radius 2 is 1.70 bits per heavy atom. The number of allylic oxidation sites excluding steroid dienone is 2. The fraction of sp³-hybridized carbons (Fsp3) is 0.375. The summed E-state index contributed by atoms with van der Waals surface area (Å²) in [4.78, 5) is 11.2. The quantitative estimate of drug-likeness (QED) is 0.443. The lowest BCUT2D eigenvalue weighted by molar-refractivity contribution is -0.113. The number of benzene rings is 2. The molecule has 1 aliphatic rings. The first kappa shape index (κ1) is 21.0. The van der Waals surface area contributed by atoms with Crippen LogP contribution in [-0.4, -0.2) is 6.29 Å². The van der Waals surface area contributed by atoms with Crippen LogP contribution < -0.4 is 0 Å². The predicted molar refractivity (Wildman–Crippen MR) is 107 cm³/mol. The minimum atomic E-state index is -0.888. The molecule has 0 heterocycles. The normalized spacial score (nSPS) is 18.5. The second-order valence-electron chi connectivity index (χ2n) is 7.03. The van der Waals surface area contributed by atoms with E-state index in [0.717, 1.165) is 30.9 Å². The summed E-state index contributed by atoms with van der Waals surface area (Å²) in [6.45, 7) is 4.41. The van der Waals surface area contributed by atoms with Crippen molar-refractivity contribution >= 4 is 6.29 Å². The topological polar surface area (TPSA) is 17.1 Å². The van der Waals surface area contributed by atoms with Gasteiger partial charge in [-0.3, -0.25) is 0 Å². The molecule has 1 atom stereocenters. The van der Waals surface area contributed by atoms with Crippen LogP contribution in [0.1, 0.15) is 56.2 Å². The first-order valence-corrected chi connectivity index (χ1v) is 9.69. The third kappa shape index (κ3) is 5.59. The fourth-order valence-corrected chi connectivity index (χ4v) is 3.38. The Kier molecular flexibility index (Phi) is 7.90. The predicted octanol–water partition coefficient (Wildman–Crippen LogP) is 6.34. The summed E-state index contributed by atoms with van der Waals surface area (Å²) >= 11 is 0. The van der Waals surface area contributed by atoms with Crippen LogP contribution in [0.4, 0.5) is 8.78 Å². The van der Waals surface area contributed by atoms with Gasteiger partial charge in [0.25, 0.3) is 0 Å². The molecule has 0 bridgehead atoms. The van der Waals surface area contributed by atoms with Gasteiger partial charge in [0.15, 0.2) is 0 Å². The Bertz CT molecular complexity index is 764. The molecule has 0 amide bonds. The number of hydrogen-bond acceptors (Lipinski definition) is 1. The van der Waals surface area contributed by atoms with E-state index in [-0.39, 0.29) is 5.56 Å². The van der Waals surface area contributed by atoms with E-state index in [1.54, 1.807) is 0 Å². The van der Waals surface area contributed by atoms with Gasteiger partial charge in [-0.05, 0) is 61.4 Å². The van der Waals surface area contributed by atoms with E-state index in [9.17, 15) is 13.6 Å². The average Bonchev–Trinajstić information content (AvgIpc) is 2.71. The molecule has 144 valence electrons. The maximum atomic E-state index is 13.6. The van der Waals surface area contributed by atoms with Gasteiger partial charge in [-0.2, -0.15) is 0 Å². The van der Waals surface area contributed by atoms with Crippen LogP contribution >= 0.6 is 0 Å². The Labute approximate surface area is 161 Å². The Morgan fingerprint density at radius 1 is 1.00 bits per heavy atom. The number of aldehydes is 1. The van der Waals surface area contributed by atoms with Crippen LogP contribution in [0, 0.1) is 11.6 Å². The van der Waals surface area contributed by atoms with Crippen molar-refractivity contribution in [3.63, 3.8) is 0 Å². The molecule has 2 aromatic rings. The molecule has 3 rings (SSSR count). The molecule has 0 saturated carbocycles. The molecule has 0 radical (unpaired) electrons. The van der Waals surface area contributed by atoms with Crippen LogP contribution in [0.3, 0.4) is 0 Å². The summed E-state index contributed by atoms with van der Waals surface area (Å²) in [5, 5.41) is 0. The molecule has 0 saturated heterocycles. The van der Waals surface area contributed by atoms with Crippen molar-refractivity contribution < 1.29 is 13.6 Å². The number of carbonyl (C=O) groups is 1. The van der Waals surface area contributed by atoms with Gasteiger partial charge in [-0.1, -0.05) is 56.7 Å². The monoisotopic (exact) mass is 370 g/mol. The summed E-state index contributed by atoms with van der Waals surface area (Å²) in [6.07, 6.45) is 9.84. The maximum absolute atomic E-state index is 13.6. The van der Waals surface area contributed by atoms with Gasteiger partial charge in [0.05, 0.1) is 5.41 Å². The minimum Gasteiger partial charge on any atom is -0.302 e. The van der Waals surface area contributed by atoms with Crippen LogP contribution in [0.2, 0.25) is 0 Å². The van der Waals surface area contributed by atoms with Crippen molar-refractivity contribution in [1.29, 1.82) is 0 Å². The third-order valence-corrected chi connectivity index (χ3v) is 5.07. The van der Waals surface area contributed by atoms with Crippen LogP contribution in [0.25, 0.3) is 0 Å². The number of aryl methyl sites for hydroxylation is 2. The zero-order chi connectivity index (χ0) is 19.7. The minimum absolute atomic E-state index is 0.173. The molecule has 1 aliphatic carbocycles. The number of hydrogen-bond donors (Lipinski definition) is 0. The SMILES string of the molecule is CCCc1ccc(CC)cc1.O=CC1(c2cc(F)ccc2F)CC=CCC1. The molecule has 0 N–H and O–H groups in total. The van der Waals surface area contributed by atoms with E-state index in [0.29, 0.717) is 19.3 Å². The van der Waals surface area contributed by atoms with Gasteiger partial charge in [-0.15, -0.1) is 0 Å². The van der Waals surface area contributed by atoms with E-state index in [1.165, 1.54) is 24.0 Å². The van der Waals surface area contributed by atoms with Crippen molar-refractivity contribution in [1.82, 2.24) is 0 Å². The molecule has 0 aliphatic heterocycles. The van der Waals surface area contributed by atoms with Gasteiger partial charge in [0.1, 0.15) is 17.9 Å². The Morgan fingerprint density at radius 3 is 2.26 bits per heavy atom. The van der Waals surface area contributed by atoms with Gasteiger partial charge < -0.3 is 4.79 Å². The average molecular weight is 370 g/mol. The molecule has 1 unspecified atom stereocenters. The highest BCUT2D eigenvalue weighted by molar-refractivity contribution is 5.69. The van der Waals surface area contributed by atoms with Gasteiger partial charge in [-0.25, -0.2) is 8.78 Å². The Hall–Kier alpha value is -2.29. The summed E-state index contributed by atoms with van der Waals surface area (Å²) in [5.41, 5.74) is 2.18. The third-order valence-electron chi connectivity index (χ3n) is 5.07. The van der Waals surface area contributed by atoms with Crippen molar-refractivity contribution in [2.24, 2.45) is 0 Å². The van der Waals surface area contributed by atoms with Crippen molar-refractivity contribution in [2.45, 2.75) is 57.8 Å². The van der Waals surface area contributed by atoms with Crippen molar-refractivity contribution in [2.75, 3.05) is 0 Å². The number of rotatable bonds is 5. The van der Waals surface area contributed by atoms with Gasteiger partial charge in [0.2, 0.25) is 0 Å². The highest BCUT2D eigenvalue weighted by Crippen LogP contribution is 2.36. The van der Waals surface area contributed by atoms with Crippen molar-refractivity contribution in [3.05, 3.63) is 82.9 Å². The molecule has 2 aromatic carbocycles. The number of carbonyl (C=O) groups excluding carboxylic acids is 1. The zero-order valence-corrected chi connectivity index (χ0v) is 16.2. The lowest BCUT2D eigenvalue weighted by atomic mass is 9.73. The molecule has 0 fully saturated rings. The maximum Gasteiger partial charge on any atom is 0.130 e. The highest BCUT2D eigenvalue weighted by Gasteiger charge is 2.34.